The van der Waals surface area contributed by atoms with E-state index in [4.69, 9.17) is 16.3 Å². The molecule has 0 saturated carbocycles. The van der Waals surface area contributed by atoms with Crippen LogP contribution in [0.2, 0.25) is 5.02 Å². The Hall–Kier alpha value is -2.20. The Kier molecular flexibility index (Phi) is 6.10. The Bertz CT molecular complexity index is 666. The van der Waals surface area contributed by atoms with Crippen LogP contribution in [0.25, 0.3) is 0 Å². The van der Waals surface area contributed by atoms with Crippen LogP contribution in [0, 0.1) is 0 Å². The average molecular weight is 348 g/mol. The van der Waals surface area contributed by atoms with Crippen LogP contribution in [-0.2, 0) is 11.2 Å². The minimum atomic E-state index is -0.966. The fourth-order valence-corrected chi connectivity index (χ4v) is 2.34. The molecule has 2 N–H and O–H groups in total. The molecule has 0 saturated heterocycles. The second-order valence-electron chi connectivity index (χ2n) is 6.09. The zero-order valence-electron chi connectivity index (χ0n) is 13.9. The van der Waals surface area contributed by atoms with Crippen LogP contribution in [0.4, 0.5) is 0 Å². The number of hydrogen-bond donors (Lipinski definition) is 2. The summed E-state index contributed by atoms with van der Waals surface area (Å²) in [6.45, 7) is 4.03. The summed E-state index contributed by atoms with van der Waals surface area (Å²) in [6.07, 6.45) is 1.65. The van der Waals surface area contributed by atoms with Crippen molar-refractivity contribution in [2.24, 2.45) is 0 Å². The second kappa shape index (κ2) is 8.06. The number of ether oxygens (including phenoxy) is 1. The number of hydrogen-bond acceptors (Lipinski definition) is 3. The zero-order chi connectivity index (χ0) is 17.6. The first-order valence-corrected chi connectivity index (χ1v) is 8.25. The van der Waals surface area contributed by atoms with Gasteiger partial charge in [0.1, 0.15) is 11.5 Å². The first-order chi connectivity index (χ1) is 11.4. The molecule has 2 aromatic rings. The SMILES string of the molecule is CC(C)(Oc1ccc(Cl)cc1)C(=O)NCCCc1ccc(O)cc1. The third kappa shape index (κ3) is 5.46. The molecular weight excluding hydrogens is 326 g/mol. The van der Waals surface area contributed by atoms with Crippen LogP contribution in [0.5, 0.6) is 11.5 Å². The molecule has 0 aromatic heterocycles. The molecular formula is C19H22ClNO3. The fourth-order valence-electron chi connectivity index (χ4n) is 2.21. The maximum atomic E-state index is 12.3. The molecule has 0 aliphatic rings. The predicted molar refractivity (Wildman–Crippen MR) is 95.6 cm³/mol. The summed E-state index contributed by atoms with van der Waals surface area (Å²) in [5.74, 6) is 0.694. The summed E-state index contributed by atoms with van der Waals surface area (Å²) in [4.78, 5) is 12.3. The monoisotopic (exact) mass is 347 g/mol. The van der Waals surface area contributed by atoms with Crippen molar-refractivity contribution < 1.29 is 14.6 Å². The first-order valence-electron chi connectivity index (χ1n) is 7.87. The Morgan fingerprint density at radius 2 is 1.75 bits per heavy atom. The maximum Gasteiger partial charge on any atom is 0.263 e. The normalized spacial score (nSPS) is 11.1. The van der Waals surface area contributed by atoms with Gasteiger partial charge in [0.2, 0.25) is 0 Å². The van der Waals surface area contributed by atoms with Crippen molar-refractivity contribution in [1.82, 2.24) is 5.32 Å². The van der Waals surface area contributed by atoms with Crippen LogP contribution in [0.1, 0.15) is 25.8 Å². The van der Waals surface area contributed by atoms with Gasteiger partial charge in [-0.05, 0) is 68.7 Å². The van der Waals surface area contributed by atoms with E-state index in [-0.39, 0.29) is 11.7 Å². The van der Waals surface area contributed by atoms with Gasteiger partial charge in [0.25, 0.3) is 5.91 Å². The number of benzene rings is 2. The summed E-state index contributed by atoms with van der Waals surface area (Å²) in [6, 6.07) is 14.0. The highest BCUT2D eigenvalue weighted by atomic mass is 35.5. The smallest absolute Gasteiger partial charge is 0.263 e. The quantitative estimate of drug-likeness (QED) is 0.745. The number of phenols is 1. The molecule has 2 aromatic carbocycles. The van der Waals surface area contributed by atoms with Crippen molar-refractivity contribution in [3.05, 3.63) is 59.1 Å². The third-order valence-corrected chi connectivity index (χ3v) is 3.85. The van der Waals surface area contributed by atoms with Gasteiger partial charge < -0.3 is 15.2 Å². The highest BCUT2D eigenvalue weighted by Gasteiger charge is 2.29. The van der Waals surface area contributed by atoms with Crippen molar-refractivity contribution >= 4 is 17.5 Å². The average Bonchev–Trinajstić information content (AvgIpc) is 2.55. The van der Waals surface area contributed by atoms with Crippen LogP contribution < -0.4 is 10.1 Å². The van der Waals surface area contributed by atoms with Gasteiger partial charge in [-0.1, -0.05) is 23.7 Å². The van der Waals surface area contributed by atoms with Crippen molar-refractivity contribution in [3.8, 4) is 11.5 Å². The number of nitrogens with one attached hydrogen (secondary N) is 1. The molecule has 0 aliphatic carbocycles. The summed E-state index contributed by atoms with van der Waals surface area (Å²) in [5.41, 5.74) is 0.158. The van der Waals surface area contributed by atoms with Crippen molar-refractivity contribution in [1.29, 1.82) is 0 Å². The number of halogens is 1. The van der Waals surface area contributed by atoms with E-state index < -0.39 is 5.60 Å². The minimum absolute atomic E-state index is 0.164. The topological polar surface area (TPSA) is 58.6 Å². The van der Waals surface area contributed by atoms with E-state index in [1.165, 1.54) is 0 Å². The number of aryl methyl sites for hydroxylation is 1. The van der Waals surface area contributed by atoms with E-state index in [0.717, 1.165) is 18.4 Å². The molecule has 0 spiro atoms. The van der Waals surface area contributed by atoms with Gasteiger partial charge in [0.05, 0.1) is 0 Å². The van der Waals surface area contributed by atoms with E-state index in [1.807, 2.05) is 12.1 Å². The van der Waals surface area contributed by atoms with Crippen LogP contribution >= 0.6 is 11.6 Å². The number of rotatable bonds is 7. The van der Waals surface area contributed by atoms with Gasteiger partial charge >= 0.3 is 0 Å². The van der Waals surface area contributed by atoms with Crippen molar-refractivity contribution in [2.75, 3.05) is 6.54 Å². The first kappa shape index (κ1) is 18.1. The summed E-state index contributed by atoms with van der Waals surface area (Å²) in [7, 11) is 0. The molecule has 5 heteroatoms. The summed E-state index contributed by atoms with van der Waals surface area (Å²) >= 11 is 5.84. The van der Waals surface area contributed by atoms with Gasteiger partial charge in [0, 0.05) is 11.6 Å². The maximum absolute atomic E-state index is 12.3. The summed E-state index contributed by atoms with van der Waals surface area (Å²) in [5, 5.41) is 12.8. The van der Waals surface area contributed by atoms with Crippen LogP contribution in [0.15, 0.2) is 48.5 Å². The van der Waals surface area contributed by atoms with Crippen molar-refractivity contribution in [2.45, 2.75) is 32.3 Å². The second-order valence-corrected chi connectivity index (χ2v) is 6.53. The fraction of sp³-hybridized carbons (Fsp3) is 0.316. The zero-order valence-corrected chi connectivity index (χ0v) is 14.6. The van der Waals surface area contributed by atoms with Gasteiger partial charge in [-0.25, -0.2) is 0 Å². The Balaban J connectivity index is 1.77. The van der Waals surface area contributed by atoms with Crippen LogP contribution in [0.3, 0.4) is 0 Å². The van der Waals surface area contributed by atoms with Gasteiger partial charge in [-0.2, -0.15) is 0 Å². The number of amides is 1. The number of aromatic hydroxyl groups is 1. The van der Waals surface area contributed by atoms with Gasteiger partial charge in [-0.15, -0.1) is 0 Å². The molecule has 0 unspecified atom stereocenters. The molecule has 4 nitrogen and oxygen atoms in total. The molecule has 128 valence electrons. The van der Waals surface area contributed by atoms with Gasteiger partial charge in [-0.3, -0.25) is 4.79 Å². The minimum Gasteiger partial charge on any atom is -0.508 e. The Labute approximate surface area is 147 Å². The molecule has 0 fully saturated rings. The predicted octanol–water partition coefficient (Wildman–Crippen LogP) is 3.95. The molecule has 24 heavy (non-hydrogen) atoms. The van der Waals surface area contributed by atoms with Crippen LogP contribution in [-0.4, -0.2) is 23.2 Å². The largest absolute Gasteiger partial charge is 0.508 e. The van der Waals surface area contributed by atoms with E-state index in [1.54, 1.807) is 50.2 Å². The van der Waals surface area contributed by atoms with E-state index >= 15 is 0 Å². The Morgan fingerprint density at radius 3 is 2.38 bits per heavy atom. The van der Waals surface area contributed by atoms with E-state index in [2.05, 4.69) is 5.32 Å². The van der Waals surface area contributed by atoms with Crippen molar-refractivity contribution in [3.63, 3.8) is 0 Å². The van der Waals surface area contributed by atoms with E-state index in [0.29, 0.717) is 17.3 Å². The molecule has 1 amide bonds. The Morgan fingerprint density at radius 1 is 1.12 bits per heavy atom. The lowest BCUT2D eigenvalue weighted by atomic mass is 10.1. The number of phenolic OH excluding ortho intramolecular Hbond substituents is 1. The number of carbonyl (C=O) groups excluding carboxylic acids is 1. The standard InChI is InChI=1S/C19H22ClNO3/c1-19(2,24-17-11-7-15(20)8-12-17)18(23)21-13-3-4-14-5-9-16(22)10-6-14/h5-12,22H,3-4,13H2,1-2H3,(H,21,23). The molecule has 2 rings (SSSR count). The summed E-state index contributed by atoms with van der Waals surface area (Å²) < 4.78 is 5.75. The highest BCUT2D eigenvalue weighted by molar-refractivity contribution is 6.30. The molecule has 0 radical (unpaired) electrons. The third-order valence-electron chi connectivity index (χ3n) is 3.60. The van der Waals surface area contributed by atoms with Gasteiger partial charge in [0.15, 0.2) is 5.60 Å². The molecule has 0 atom stereocenters. The molecule has 0 heterocycles. The number of carbonyl (C=O) groups is 1. The molecule has 0 aliphatic heterocycles. The lowest BCUT2D eigenvalue weighted by molar-refractivity contribution is -0.134. The highest BCUT2D eigenvalue weighted by Crippen LogP contribution is 2.21. The lowest BCUT2D eigenvalue weighted by Gasteiger charge is -2.25. The van der Waals surface area contributed by atoms with E-state index in [9.17, 15) is 9.90 Å². The molecule has 0 bridgehead atoms. The lowest BCUT2D eigenvalue weighted by Crippen LogP contribution is -2.46.